The largest absolute Gasteiger partial charge is 0.288 e. The van der Waals surface area contributed by atoms with Gasteiger partial charge in [0.05, 0.1) is 7.92 Å². The lowest BCUT2D eigenvalue weighted by molar-refractivity contribution is 0.107. The van der Waals surface area contributed by atoms with Crippen LogP contribution in [0, 0.1) is 20.8 Å². The average molecular weight is 282 g/mol. The predicted octanol–water partition coefficient (Wildman–Crippen LogP) is 3.71. The molecule has 20 heavy (non-hydrogen) atoms. The fourth-order valence-corrected chi connectivity index (χ4v) is 5.21. The van der Waals surface area contributed by atoms with Crippen molar-refractivity contribution in [2.75, 3.05) is 0 Å². The van der Waals surface area contributed by atoms with Gasteiger partial charge in [-0.05, 0) is 37.2 Å². The molecule has 0 N–H and O–H groups in total. The van der Waals surface area contributed by atoms with Gasteiger partial charge in [-0.1, -0.05) is 42.0 Å². The van der Waals surface area contributed by atoms with Gasteiger partial charge in [0.2, 0.25) is 0 Å². The van der Waals surface area contributed by atoms with E-state index in [1.54, 1.807) is 12.1 Å². The van der Waals surface area contributed by atoms with Crippen molar-refractivity contribution in [1.82, 2.24) is 0 Å². The lowest BCUT2D eigenvalue weighted by Gasteiger charge is -2.15. The van der Waals surface area contributed by atoms with Crippen LogP contribution in [0.15, 0.2) is 36.4 Å². The highest BCUT2D eigenvalue weighted by Gasteiger charge is 2.40. The van der Waals surface area contributed by atoms with Gasteiger partial charge in [0.15, 0.2) is 11.0 Å². The average Bonchev–Trinajstić information content (AvgIpc) is 2.64. The molecule has 0 amide bonds. The van der Waals surface area contributed by atoms with Gasteiger partial charge in [-0.2, -0.15) is 0 Å². The van der Waals surface area contributed by atoms with Crippen LogP contribution in [0.4, 0.5) is 0 Å². The molecule has 0 atom stereocenters. The number of rotatable bonds is 1. The van der Waals surface area contributed by atoms with Gasteiger partial charge in [0.25, 0.3) is 0 Å². The number of carbonyl (C=O) groups excluding carboxylic acids is 2. The van der Waals surface area contributed by atoms with Crippen molar-refractivity contribution in [1.29, 1.82) is 0 Å². The van der Waals surface area contributed by atoms with E-state index in [0.717, 1.165) is 22.0 Å². The van der Waals surface area contributed by atoms with Crippen molar-refractivity contribution < 1.29 is 9.59 Å². The summed E-state index contributed by atoms with van der Waals surface area (Å²) in [5, 5.41) is 0.941. The third kappa shape index (κ3) is 1.83. The van der Waals surface area contributed by atoms with Crippen molar-refractivity contribution in [2.45, 2.75) is 20.8 Å². The van der Waals surface area contributed by atoms with Crippen LogP contribution >= 0.6 is 7.92 Å². The molecule has 1 aliphatic rings. The first-order valence-electron chi connectivity index (χ1n) is 6.56. The predicted molar refractivity (Wildman–Crippen MR) is 82.3 cm³/mol. The molecule has 3 heteroatoms. The summed E-state index contributed by atoms with van der Waals surface area (Å²) >= 11 is 0. The van der Waals surface area contributed by atoms with E-state index in [2.05, 4.69) is 0 Å². The van der Waals surface area contributed by atoms with Gasteiger partial charge in [-0.15, -0.1) is 0 Å². The minimum atomic E-state index is -1.42. The molecule has 0 aliphatic carbocycles. The summed E-state index contributed by atoms with van der Waals surface area (Å²) in [6, 6.07) is 11.3. The number of aryl methyl sites for hydroxylation is 3. The molecule has 2 aromatic rings. The Balaban J connectivity index is 2.19. The van der Waals surface area contributed by atoms with Gasteiger partial charge < -0.3 is 0 Å². The maximum absolute atomic E-state index is 12.6. The van der Waals surface area contributed by atoms with Crippen LogP contribution in [0.25, 0.3) is 0 Å². The molecule has 0 bridgehead atoms. The summed E-state index contributed by atoms with van der Waals surface area (Å²) < 4.78 is 0. The smallest absolute Gasteiger partial charge is 0.197 e. The summed E-state index contributed by atoms with van der Waals surface area (Å²) in [6.45, 7) is 6.01. The van der Waals surface area contributed by atoms with E-state index in [-0.39, 0.29) is 11.0 Å². The standard InChI is InChI=1S/C17H15O2P/c1-10-8-11(2)15(12(3)9-10)20-16(18)13-6-4-5-7-14(13)17(20)19/h4-9H,1-3H3. The summed E-state index contributed by atoms with van der Waals surface area (Å²) in [4.78, 5) is 25.2. The van der Waals surface area contributed by atoms with Crippen molar-refractivity contribution in [2.24, 2.45) is 0 Å². The zero-order valence-corrected chi connectivity index (χ0v) is 12.6. The number of hydrogen-bond acceptors (Lipinski definition) is 2. The molecule has 1 aliphatic heterocycles. The molecule has 0 spiro atoms. The first-order valence-corrected chi connectivity index (χ1v) is 7.90. The van der Waals surface area contributed by atoms with Crippen molar-refractivity contribution in [3.8, 4) is 0 Å². The zero-order chi connectivity index (χ0) is 14.4. The molecule has 0 saturated heterocycles. The molecule has 0 saturated carbocycles. The highest BCUT2D eigenvalue weighted by atomic mass is 31.1. The minimum Gasteiger partial charge on any atom is -0.288 e. The number of hydrogen-bond donors (Lipinski definition) is 0. The lowest BCUT2D eigenvalue weighted by Crippen LogP contribution is -2.15. The molecule has 100 valence electrons. The molecule has 0 fully saturated rings. The van der Waals surface area contributed by atoms with E-state index >= 15 is 0 Å². The highest BCUT2D eigenvalue weighted by Crippen LogP contribution is 2.50. The van der Waals surface area contributed by atoms with Crippen LogP contribution in [-0.2, 0) is 0 Å². The van der Waals surface area contributed by atoms with E-state index in [4.69, 9.17) is 0 Å². The number of benzene rings is 2. The number of fused-ring (bicyclic) bond motifs is 1. The van der Waals surface area contributed by atoms with Gasteiger partial charge in [-0.3, -0.25) is 9.59 Å². The van der Waals surface area contributed by atoms with E-state index in [1.165, 1.54) is 0 Å². The van der Waals surface area contributed by atoms with Crippen molar-refractivity contribution >= 4 is 24.3 Å². The van der Waals surface area contributed by atoms with E-state index in [0.29, 0.717) is 11.1 Å². The van der Waals surface area contributed by atoms with Crippen molar-refractivity contribution in [3.63, 3.8) is 0 Å². The number of carbonyl (C=O) groups is 2. The zero-order valence-electron chi connectivity index (χ0n) is 11.7. The maximum atomic E-state index is 12.6. The topological polar surface area (TPSA) is 34.1 Å². The Morgan fingerprint density at radius 2 is 1.25 bits per heavy atom. The molecule has 2 nitrogen and oxygen atoms in total. The fourth-order valence-electron chi connectivity index (χ4n) is 2.92. The molecular weight excluding hydrogens is 267 g/mol. The Morgan fingerprint density at radius 1 is 0.800 bits per heavy atom. The second-order valence-electron chi connectivity index (χ2n) is 5.24. The van der Waals surface area contributed by atoms with E-state index in [1.807, 2.05) is 45.0 Å². The fraction of sp³-hybridized carbons (Fsp3) is 0.176. The second kappa shape index (κ2) is 4.64. The Hall–Kier alpha value is -1.79. The summed E-state index contributed by atoms with van der Waals surface area (Å²) in [7, 11) is -1.42. The van der Waals surface area contributed by atoms with Crippen LogP contribution < -0.4 is 5.30 Å². The summed E-state index contributed by atoms with van der Waals surface area (Å²) in [5.74, 6) is 0. The Kier molecular flexibility index (Phi) is 3.07. The molecule has 0 unspecified atom stereocenters. The first-order chi connectivity index (χ1) is 9.50. The van der Waals surface area contributed by atoms with E-state index < -0.39 is 7.92 Å². The Labute approximate surface area is 119 Å². The first kappa shape index (κ1) is 13.2. The van der Waals surface area contributed by atoms with Crippen LogP contribution in [0.3, 0.4) is 0 Å². The molecule has 0 radical (unpaired) electrons. The quantitative estimate of drug-likeness (QED) is 0.747. The second-order valence-corrected chi connectivity index (χ2v) is 7.17. The minimum absolute atomic E-state index is 0.00402. The van der Waals surface area contributed by atoms with Gasteiger partial charge in [0, 0.05) is 11.1 Å². The van der Waals surface area contributed by atoms with Crippen LogP contribution in [0.1, 0.15) is 37.4 Å². The molecule has 0 aromatic heterocycles. The molecular formula is C17H15O2P. The Morgan fingerprint density at radius 3 is 1.70 bits per heavy atom. The monoisotopic (exact) mass is 282 g/mol. The van der Waals surface area contributed by atoms with Crippen LogP contribution in [0.5, 0.6) is 0 Å². The third-order valence-corrected chi connectivity index (χ3v) is 6.10. The van der Waals surface area contributed by atoms with E-state index in [9.17, 15) is 9.59 Å². The van der Waals surface area contributed by atoms with Gasteiger partial charge in [0.1, 0.15) is 0 Å². The maximum Gasteiger partial charge on any atom is 0.197 e. The summed E-state index contributed by atoms with van der Waals surface area (Å²) in [5.41, 5.74) is 4.42. The molecule has 1 heterocycles. The van der Waals surface area contributed by atoms with Gasteiger partial charge in [-0.25, -0.2) is 0 Å². The lowest BCUT2D eigenvalue weighted by atomic mass is 10.1. The summed E-state index contributed by atoms with van der Waals surface area (Å²) in [6.07, 6.45) is 0. The van der Waals surface area contributed by atoms with Crippen LogP contribution in [-0.4, -0.2) is 11.0 Å². The van der Waals surface area contributed by atoms with Gasteiger partial charge >= 0.3 is 0 Å². The Bertz CT molecular complexity index is 688. The van der Waals surface area contributed by atoms with Crippen molar-refractivity contribution in [3.05, 3.63) is 64.2 Å². The highest BCUT2D eigenvalue weighted by molar-refractivity contribution is 7.97. The SMILES string of the molecule is Cc1cc(C)c(P2C(=O)c3ccccc3C2=O)c(C)c1. The molecule has 3 rings (SSSR count). The normalized spacial score (nSPS) is 14.8. The molecule has 2 aromatic carbocycles. The third-order valence-electron chi connectivity index (χ3n) is 3.65. The van der Waals surface area contributed by atoms with Crippen LogP contribution in [0.2, 0.25) is 0 Å².